The van der Waals surface area contributed by atoms with Gasteiger partial charge in [-0.05, 0) is 24.6 Å². The number of aromatic nitrogens is 3. The van der Waals surface area contributed by atoms with E-state index < -0.39 is 0 Å². The zero-order chi connectivity index (χ0) is 16.6. The molecule has 1 amide bonds. The molecule has 0 aliphatic carbocycles. The predicted octanol–water partition coefficient (Wildman–Crippen LogP) is 1.31. The highest BCUT2D eigenvalue weighted by atomic mass is 16.5. The van der Waals surface area contributed by atoms with Gasteiger partial charge in [-0.2, -0.15) is 0 Å². The molecule has 2 fully saturated rings. The van der Waals surface area contributed by atoms with Crippen LogP contribution in [0, 0.1) is 0 Å². The molecule has 0 bridgehead atoms. The molecule has 7 nitrogen and oxygen atoms in total. The zero-order valence-electron chi connectivity index (χ0n) is 13.7. The Balaban J connectivity index is 1.42. The second-order valence-corrected chi connectivity index (χ2v) is 6.57. The molecule has 2 unspecified atom stereocenters. The van der Waals surface area contributed by atoms with Crippen LogP contribution in [-0.4, -0.2) is 64.1 Å². The Morgan fingerprint density at radius 1 is 1.42 bits per heavy atom. The van der Waals surface area contributed by atoms with Crippen LogP contribution in [0.5, 0.6) is 0 Å². The smallest absolute Gasteiger partial charge is 0.270 e. The number of carbonyl (C=O) groups is 1. The zero-order valence-corrected chi connectivity index (χ0v) is 13.7. The van der Waals surface area contributed by atoms with Gasteiger partial charge in [0.15, 0.2) is 0 Å². The second-order valence-electron chi connectivity index (χ2n) is 6.57. The van der Waals surface area contributed by atoms with Gasteiger partial charge in [-0.1, -0.05) is 0 Å². The summed E-state index contributed by atoms with van der Waals surface area (Å²) in [6, 6.07) is 5.70. The first-order chi connectivity index (χ1) is 11.7. The number of aromatic amines is 1. The minimum absolute atomic E-state index is 0.0451. The summed E-state index contributed by atoms with van der Waals surface area (Å²) in [6.07, 6.45) is 7.03. The van der Waals surface area contributed by atoms with Gasteiger partial charge >= 0.3 is 0 Å². The molecular weight excluding hydrogens is 306 g/mol. The lowest BCUT2D eigenvalue weighted by molar-refractivity contribution is 0.0123. The molecule has 1 N–H and O–H groups in total. The molecule has 2 aliphatic rings. The van der Waals surface area contributed by atoms with Gasteiger partial charge in [-0.15, -0.1) is 0 Å². The fraction of sp³-hybridized carbons (Fsp3) is 0.471. The number of likely N-dealkylation sites (N-methyl/N-ethyl adjacent to an activating group) is 1. The van der Waals surface area contributed by atoms with Crippen LogP contribution in [0.3, 0.4) is 0 Å². The maximum absolute atomic E-state index is 12.5. The van der Waals surface area contributed by atoms with Gasteiger partial charge in [0.2, 0.25) is 5.95 Å². The number of amides is 1. The predicted molar refractivity (Wildman–Crippen MR) is 88.8 cm³/mol. The van der Waals surface area contributed by atoms with Gasteiger partial charge in [0.25, 0.3) is 5.91 Å². The minimum atomic E-state index is -0.240. The summed E-state index contributed by atoms with van der Waals surface area (Å²) in [7, 11) is 2.00. The summed E-state index contributed by atoms with van der Waals surface area (Å²) in [5.41, 5.74) is 0.395. The number of hydrogen-bond acceptors (Lipinski definition) is 5. The maximum atomic E-state index is 12.5. The number of nitrogens with one attached hydrogen (secondary N) is 1. The van der Waals surface area contributed by atoms with Crippen LogP contribution >= 0.6 is 0 Å². The van der Waals surface area contributed by atoms with Crippen LogP contribution in [0.1, 0.15) is 23.3 Å². The van der Waals surface area contributed by atoms with E-state index in [0.717, 1.165) is 19.4 Å². The van der Waals surface area contributed by atoms with Crippen molar-refractivity contribution in [1.82, 2.24) is 19.9 Å². The largest absolute Gasteiger partial charge is 0.371 e. The topological polar surface area (TPSA) is 74.3 Å². The number of nitrogens with zero attached hydrogens (tertiary/aromatic N) is 4. The summed E-state index contributed by atoms with van der Waals surface area (Å²) in [4.78, 5) is 28.0. The minimum Gasteiger partial charge on any atom is -0.371 e. The van der Waals surface area contributed by atoms with Gasteiger partial charge < -0.3 is 19.5 Å². The van der Waals surface area contributed by atoms with E-state index in [0.29, 0.717) is 24.8 Å². The molecule has 2 atom stereocenters. The van der Waals surface area contributed by atoms with E-state index in [9.17, 15) is 4.79 Å². The third-order valence-electron chi connectivity index (χ3n) is 5.04. The summed E-state index contributed by atoms with van der Waals surface area (Å²) in [5.74, 6) is 0.754. The highest BCUT2D eigenvalue weighted by Gasteiger charge is 2.48. The van der Waals surface area contributed by atoms with Crippen molar-refractivity contribution in [3.63, 3.8) is 0 Å². The fourth-order valence-electron chi connectivity index (χ4n) is 3.64. The van der Waals surface area contributed by atoms with Crippen LogP contribution in [0.2, 0.25) is 0 Å². The van der Waals surface area contributed by atoms with Crippen molar-refractivity contribution in [2.45, 2.75) is 24.5 Å². The highest BCUT2D eigenvalue weighted by molar-refractivity contribution is 5.92. The fourth-order valence-corrected chi connectivity index (χ4v) is 3.64. The molecule has 0 saturated carbocycles. The van der Waals surface area contributed by atoms with Gasteiger partial charge in [0, 0.05) is 38.6 Å². The first-order valence-corrected chi connectivity index (χ1v) is 8.23. The van der Waals surface area contributed by atoms with Crippen molar-refractivity contribution in [3.8, 4) is 0 Å². The third kappa shape index (κ3) is 2.65. The first kappa shape index (κ1) is 15.1. The number of ether oxygens (including phenoxy) is 1. The lowest BCUT2D eigenvalue weighted by atomic mass is 9.97. The molecule has 4 rings (SSSR count). The Labute approximate surface area is 140 Å². The van der Waals surface area contributed by atoms with E-state index in [1.165, 1.54) is 0 Å². The Morgan fingerprint density at radius 3 is 3.00 bits per heavy atom. The Hall–Kier alpha value is -2.41. The highest BCUT2D eigenvalue weighted by Crippen LogP contribution is 2.37. The molecule has 0 aromatic carbocycles. The van der Waals surface area contributed by atoms with Gasteiger partial charge in [0.05, 0.1) is 24.8 Å². The van der Waals surface area contributed by atoms with Crippen molar-refractivity contribution in [2.24, 2.45) is 0 Å². The number of rotatable bonds is 3. The molecule has 24 heavy (non-hydrogen) atoms. The second kappa shape index (κ2) is 5.90. The van der Waals surface area contributed by atoms with E-state index in [4.69, 9.17) is 4.74 Å². The van der Waals surface area contributed by atoms with Crippen molar-refractivity contribution < 1.29 is 9.53 Å². The monoisotopic (exact) mass is 327 g/mol. The van der Waals surface area contributed by atoms with Crippen molar-refractivity contribution >= 4 is 11.9 Å². The van der Waals surface area contributed by atoms with Crippen molar-refractivity contribution in [3.05, 3.63) is 42.5 Å². The summed E-state index contributed by atoms with van der Waals surface area (Å²) in [6.45, 7) is 2.01. The molecule has 7 heteroatoms. The van der Waals surface area contributed by atoms with Crippen LogP contribution in [0.4, 0.5) is 5.95 Å². The van der Waals surface area contributed by atoms with Crippen molar-refractivity contribution in [1.29, 1.82) is 0 Å². The van der Waals surface area contributed by atoms with Crippen LogP contribution < -0.4 is 4.90 Å². The number of hydrogen-bond donors (Lipinski definition) is 1. The van der Waals surface area contributed by atoms with E-state index in [1.54, 1.807) is 18.6 Å². The van der Waals surface area contributed by atoms with E-state index in [-0.39, 0.29) is 17.6 Å². The van der Waals surface area contributed by atoms with Crippen molar-refractivity contribution in [2.75, 3.05) is 31.6 Å². The average Bonchev–Trinajstić information content (AvgIpc) is 3.37. The van der Waals surface area contributed by atoms with E-state index >= 15 is 0 Å². The van der Waals surface area contributed by atoms with Gasteiger partial charge in [-0.25, -0.2) is 9.97 Å². The molecule has 2 saturated heterocycles. The van der Waals surface area contributed by atoms with E-state index in [1.807, 2.05) is 30.1 Å². The lowest BCUT2D eigenvalue weighted by Gasteiger charge is -2.26. The van der Waals surface area contributed by atoms with Gasteiger partial charge in [0.1, 0.15) is 5.69 Å². The number of anilines is 1. The molecular formula is C17H21N5O2. The third-order valence-corrected chi connectivity index (χ3v) is 5.04. The normalized spacial score (nSPS) is 26.2. The SMILES string of the molecule is CN(c1ncccn1)C1COC2(CCN(C(=O)c3ccc[nH]3)C2)C1. The number of carbonyl (C=O) groups excluding carboxylic acids is 1. The Bertz CT molecular complexity index is 705. The molecule has 4 heterocycles. The lowest BCUT2D eigenvalue weighted by Crippen LogP contribution is -2.38. The standard InChI is InChI=1S/C17H21N5O2/c1-21(16-19-7-3-8-20-16)13-10-17(24-11-13)5-9-22(12-17)15(23)14-4-2-6-18-14/h2-4,6-8,13,18H,5,9-12H2,1H3. The summed E-state index contributed by atoms with van der Waals surface area (Å²) in [5, 5.41) is 0. The molecule has 2 aromatic rings. The first-order valence-electron chi connectivity index (χ1n) is 8.23. The molecule has 1 spiro atoms. The average molecular weight is 327 g/mol. The number of H-pyrrole nitrogens is 1. The molecule has 126 valence electrons. The molecule has 0 radical (unpaired) electrons. The Morgan fingerprint density at radius 2 is 2.25 bits per heavy atom. The quantitative estimate of drug-likeness (QED) is 0.920. The van der Waals surface area contributed by atoms with Crippen LogP contribution in [0.15, 0.2) is 36.8 Å². The van der Waals surface area contributed by atoms with Gasteiger partial charge in [-0.3, -0.25) is 4.79 Å². The Kier molecular flexibility index (Phi) is 3.72. The van der Waals surface area contributed by atoms with Crippen LogP contribution in [-0.2, 0) is 4.74 Å². The van der Waals surface area contributed by atoms with E-state index in [2.05, 4.69) is 19.9 Å². The molecule has 2 aliphatic heterocycles. The molecule has 2 aromatic heterocycles. The number of likely N-dealkylation sites (tertiary alicyclic amines) is 1. The summed E-state index contributed by atoms with van der Waals surface area (Å²) >= 11 is 0. The maximum Gasteiger partial charge on any atom is 0.270 e. The van der Waals surface area contributed by atoms with Crippen LogP contribution in [0.25, 0.3) is 0 Å². The summed E-state index contributed by atoms with van der Waals surface area (Å²) < 4.78 is 6.15.